The molecule has 0 saturated heterocycles. The smallest absolute Gasteiger partial charge is 0.150 e. The number of nitrogens with two attached hydrogens (primary N) is 1. The molecule has 1 heterocycles. The third-order valence-corrected chi connectivity index (χ3v) is 2.85. The molecule has 0 aliphatic heterocycles. The van der Waals surface area contributed by atoms with Crippen molar-refractivity contribution in [2.24, 2.45) is 5.73 Å². The second-order valence-corrected chi connectivity index (χ2v) is 3.91. The Morgan fingerprint density at radius 1 is 1.27 bits per heavy atom. The van der Waals surface area contributed by atoms with Gasteiger partial charge in [-0.05, 0) is 13.3 Å². The van der Waals surface area contributed by atoms with Crippen LogP contribution in [0.15, 0.2) is 0 Å². The van der Waals surface area contributed by atoms with Gasteiger partial charge >= 0.3 is 0 Å². The summed E-state index contributed by atoms with van der Waals surface area (Å²) in [5.74, 6) is 1.96. The molecule has 0 radical (unpaired) electrons. The molecule has 1 rings (SSSR count). The molecule has 4 nitrogen and oxygen atoms in total. The Hall–Kier alpha value is -0.900. The van der Waals surface area contributed by atoms with E-state index >= 15 is 0 Å². The molecule has 15 heavy (non-hydrogen) atoms. The van der Waals surface area contributed by atoms with Gasteiger partial charge in [-0.25, -0.2) is 9.67 Å². The lowest BCUT2D eigenvalue weighted by molar-refractivity contribution is 0.384. The van der Waals surface area contributed by atoms with E-state index in [4.69, 9.17) is 5.73 Å². The maximum absolute atomic E-state index is 6.03. The van der Waals surface area contributed by atoms with E-state index in [-0.39, 0.29) is 12.1 Å². The first-order chi connectivity index (χ1) is 7.13. The normalized spacial score (nSPS) is 15.3. The maximum atomic E-state index is 6.03. The third kappa shape index (κ3) is 2.56. The lowest BCUT2D eigenvalue weighted by atomic mass is 10.1. The summed E-state index contributed by atoms with van der Waals surface area (Å²) in [6, 6.07) is 0.388. The van der Waals surface area contributed by atoms with E-state index in [1.54, 1.807) is 0 Å². The Morgan fingerprint density at radius 3 is 2.40 bits per heavy atom. The molecule has 1 aromatic rings. The Kier molecular flexibility index (Phi) is 4.27. The predicted molar refractivity (Wildman–Crippen MR) is 61.8 cm³/mol. The minimum absolute atomic E-state index is 0.154. The van der Waals surface area contributed by atoms with Crippen molar-refractivity contribution in [3.05, 3.63) is 11.6 Å². The standard InChI is InChI=1S/C11H22N4/c1-5-9(12)8(4)15-11(7-3)13-10(6-2)14-15/h8-9H,5-7,12H2,1-4H3. The number of aryl methyl sites for hydroxylation is 2. The van der Waals surface area contributed by atoms with Gasteiger partial charge in [0, 0.05) is 18.9 Å². The summed E-state index contributed by atoms with van der Waals surface area (Å²) in [6.07, 6.45) is 2.76. The fourth-order valence-electron chi connectivity index (χ4n) is 1.64. The van der Waals surface area contributed by atoms with Crippen molar-refractivity contribution in [2.75, 3.05) is 0 Å². The summed E-state index contributed by atoms with van der Waals surface area (Å²) in [7, 11) is 0. The predicted octanol–water partition coefficient (Wildman–Crippen LogP) is 1.70. The number of nitrogens with zero attached hydrogens (tertiary/aromatic N) is 3. The topological polar surface area (TPSA) is 56.7 Å². The second kappa shape index (κ2) is 5.26. The monoisotopic (exact) mass is 210 g/mol. The van der Waals surface area contributed by atoms with Crippen LogP contribution in [0, 0.1) is 0 Å². The second-order valence-electron chi connectivity index (χ2n) is 3.91. The van der Waals surface area contributed by atoms with Gasteiger partial charge in [0.05, 0.1) is 6.04 Å². The van der Waals surface area contributed by atoms with Gasteiger partial charge in [0.15, 0.2) is 5.82 Å². The minimum Gasteiger partial charge on any atom is -0.326 e. The van der Waals surface area contributed by atoms with Crippen molar-refractivity contribution in [3.8, 4) is 0 Å². The van der Waals surface area contributed by atoms with Gasteiger partial charge in [-0.15, -0.1) is 0 Å². The molecule has 0 spiro atoms. The molecule has 2 atom stereocenters. The molecule has 0 aliphatic rings. The summed E-state index contributed by atoms with van der Waals surface area (Å²) in [5.41, 5.74) is 6.03. The molecule has 2 N–H and O–H groups in total. The highest BCUT2D eigenvalue weighted by Gasteiger charge is 2.17. The number of hydrogen-bond acceptors (Lipinski definition) is 3. The molecule has 0 fully saturated rings. The number of hydrogen-bond donors (Lipinski definition) is 1. The van der Waals surface area contributed by atoms with E-state index in [2.05, 4.69) is 37.8 Å². The Morgan fingerprint density at radius 2 is 1.93 bits per heavy atom. The highest BCUT2D eigenvalue weighted by atomic mass is 15.4. The van der Waals surface area contributed by atoms with Gasteiger partial charge in [-0.1, -0.05) is 20.8 Å². The Balaban J connectivity index is 2.95. The van der Waals surface area contributed by atoms with Crippen LogP contribution < -0.4 is 5.73 Å². The quantitative estimate of drug-likeness (QED) is 0.804. The largest absolute Gasteiger partial charge is 0.326 e. The molecule has 0 saturated carbocycles. The van der Waals surface area contributed by atoms with E-state index < -0.39 is 0 Å². The summed E-state index contributed by atoms with van der Waals surface area (Å²) in [5, 5.41) is 4.49. The molecule has 0 bridgehead atoms. The molecular formula is C11H22N4. The SMILES string of the molecule is CCc1nc(CC)n(C(C)C(N)CC)n1. The van der Waals surface area contributed by atoms with Crippen LogP contribution >= 0.6 is 0 Å². The average Bonchev–Trinajstić information content (AvgIpc) is 2.69. The highest BCUT2D eigenvalue weighted by molar-refractivity contribution is 4.95. The molecule has 0 aromatic carbocycles. The first-order valence-corrected chi connectivity index (χ1v) is 5.83. The Bertz CT molecular complexity index is 306. The van der Waals surface area contributed by atoms with Gasteiger partial charge in [0.2, 0.25) is 0 Å². The molecule has 0 amide bonds. The Labute approximate surface area is 91.9 Å². The zero-order chi connectivity index (χ0) is 11.4. The van der Waals surface area contributed by atoms with Crippen LogP contribution in [0.3, 0.4) is 0 Å². The zero-order valence-corrected chi connectivity index (χ0v) is 10.2. The summed E-state index contributed by atoms with van der Waals surface area (Å²) in [6.45, 7) is 8.39. The summed E-state index contributed by atoms with van der Waals surface area (Å²) < 4.78 is 1.99. The van der Waals surface area contributed by atoms with Crippen LogP contribution in [0.1, 0.15) is 51.8 Å². The molecule has 2 unspecified atom stereocenters. The maximum Gasteiger partial charge on any atom is 0.150 e. The van der Waals surface area contributed by atoms with Crippen LogP contribution in [0.25, 0.3) is 0 Å². The van der Waals surface area contributed by atoms with Gasteiger partial charge in [-0.3, -0.25) is 0 Å². The fraction of sp³-hybridized carbons (Fsp3) is 0.818. The summed E-state index contributed by atoms with van der Waals surface area (Å²) in [4.78, 5) is 4.48. The summed E-state index contributed by atoms with van der Waals surface area (Å²) >= 11 is 0. The molecule has 4 heteroatoms. The van der Waals surface area contributed by atoms with Gasteiger partial charge < -0.3 is 5.73 Å². The molecule has 86 valence electrons. The van der Waals surface area contributed by atoms with Crippen LogP contribution in [0.2, 0.25) is 0 Å². The van der Waals surface area contributed by atoms with E-state index in [1.807, 2.05) is 4.68 Å². The van der Waals surface area contributed by atoms with Crippen molar-refractivity contribution in [2.45, 2.75) is 59.0 Å². The fourth-order valence-corrected chi connectivity index (χ4v) is 1.64. The van der Waals surface area contributed by atoms with E-state index in [0.29, 0.717) is 0 Å². The zero-order valence-electron chi connectivity index (χ0n) is 10.2. The molecule has 0 aliphatic carbocycles. The number of aromatic nitrogens is 3. The van der Waals surface area contributed by atoms with Crippen molar-refractivity contribution < 1.29 is 0 Å². The van der Waals surface area contributed by atoms with E-state index in [9.17, 15) is 0 Å². The highest BCUT2D eigenvalue weighted by Crippen LogP contribution is 2.14. The van der Waals surface area contributed by atoms with Crippen LogP contribution in [-0.4, -0.2) is 20.8 Å². The third-order valence-electron chi connectivity index (χ3n) is 2.85. The first-order valence-electron chi connectivity index (χ1n) is 5.83. The average molecular weight is 210 g/mol. The van der Waals surface area contributed by atoms with Crippen molar-refractivity contribution in [1.82, 2.24) is 14.8 Å². The van der Waals surface area contributed by atoms with Gasteiger partial charge in [0.25, 0.3) is 0 Å². The lowest BCUT2D eigenvalue weighted by Crippen LogP contribution is -2.31. The van der Waals surface area contributed by atoms with Crippen LogP contribution in [0.5, 0.6) is 0 Å². The van der Waals surface area contributed by atoms with Crippen LogP contribution in [0.4, 0.5) is 0 Å². The van der Waals surface area contributed by atoms with Crippen molar-refractivity contribution >= 4 is 0 Å². The van der Waals surface area contributed by atoms with E-state index in [0.717, 1.165) is 30.9 Å². The van der Waals surface area contributed by atoms with Gasteiger partial charge in [-0.2, -0.15) is 5.10 Å². The first kappa shape index (κ1) is 12.2. The van der Waals surface area contributed by atoms with Gasteiger partial charge in [0.1, 0.15) is 5.82 Å². The van der Waals surface area contributed by atoms with Crippen LogP contribution in [-0.2, 0) is 12.8 Å². The van der Waals surface area contributed by atoms with E-state index in [1.165, 1.54) is 0 Å². The minimum atomic E-state index is 0.154. The number of rotatable bonds is 5. The molecule has 1 aromatic heterocycles. The van der Waals surface area contributed by atoms with Crippen molar-refractivity contribution in [1.29, 1.82) is 0 Å². The molecular weight excluding hydrogens is 188 g/mol. The lowest BCUT2D eigenvalue weighted by Gasteiger charge is -2.19. The van der Waals surface area contributed by atoms with Crippen molar-refractivity contribution in [3.63, 3.8) is 0 Å².